The maximum absolute atomic E-state index is 9.68. The molecule has 0 aromatic rings. The molecule has 2 aliphatic heterocycles. The third-order valence-corrected chi connectivity index (χ3v) is 3.22. The molecule has 112 valence electrons. The van der Waals surface area contributed by atoms with Gasteiger partial charge in [-0.3, -0.25) is 0 Å². The fourth-order valence-corrected chi connectivity index (χ4v) is 1.97. The van der Waals surface area contributed by atoms with Crippen molar-refractivity contribution in [2.45, 2.75) is 49.2 Å². The normalized spacial score (nSPS) is 52.1. The van der Waals surface area contributed by atoms with Crippen LogP contribution in [0.4, 0.5) is 0 Å². The van der Waals surface area contributed by atoms with Crippen LogP contribution in [0.1, 0.15) is 0 Å². The van der Waals surface area contributed by atoms with Crippen molar-refractivity contribution < 1.29 is 44.8 Å². The van der Waals surface area contributed by atoms with Gasteiger partial charge in [0.2, 0.25) is 0 Å². The first-order valence-corrected chi connectivity index (χ1v) is 5.89. The zero-order chi connectivity index (χ0) is 14.2. The fraction of sp³-hybridized carbons (Fsp3) is 1.00. The predicted octanol–water partition coefficient (Wildman–Crippen LogP) is -4.12. The fourth-order valence-electron chi connectivity index (χ4n) is 1.97. The lowest BCUT2D eigenvalue weighted by Gasteiger charge is -2.40. The van der Waals surface area contributed by atoms with Crippen LogP contribution in [0.15, 0.2) is 0 Å². The minimum atomic E-state index is -1.55. The van der Waals surface area contributed by atoms with E-state index in [0.717, 1.165) is 0 Å². The second-order valence-electron chi connectivity index (χ2n) is 4.63. The molecule has 2 fully saturated rings. The van der Waals surface area contributed by atoms with E-state index in [0.29, 0.717) is 0 Å². The topological polar surface area (TPSA) is 149 Å². The average molecular weight is 282 g/mol. The number of hydrogen-bond acceptors (Lipinski definition) is 9. The molecule has 0 bridgehead atoms. The molecule has 6 N–H and O–H groups in total. The molecule has 0 amide bonds. The quantitative estimate of drug-likeness (QED) is 0.297. The Hall–Kier alpha value is -0.360. The van der Waals surface area contributed by atoms with Gasteiger partial charge in [-0.15, -0.1) is 0 Å². The summed E-state index contributed by atoms with van der Waals surface area (Å²) in [5, 5.41) is 56.6. The highest BCUT2D eigenvalue weighted by atomic mass is 16.7. The van der Waals surface area contributed by atoms with Crippen LogP contribution >= 0.6 is 0 Å². The van der Waals surface area contributed by atoms with E-state index in [1.165, 1.54) is 0 Å². The van der Waals surface area contributed by atoms with Crippen molar-refractivity contribution in [2.75, 3.05) is 13.2 Å². The smallest absolute Gasteiger partial charge is 0.186 e. The Morgan fingerprint density at radius 3 is 2.11 bits per heavy atom. The number of aliphatic hydroxyl groups is 6. The molecular weight excluding hydrogens is 264 g/mol. The van der Waals surface area contributed by atoms with Gasteiger partial charge in [0.15, 0.2) is 12.6 Å². The summed E-state index contributed by atoms with van der Waals surface area (Å²) in [5.41, 5.74) is 0. The molecule has 0 radical (unpaired) electrons. The molecule has 0 aromatic heterocycles. The molecular formula is C10H18O9. The predicted molar refractivity (Wildman–Crippen MR) is 56.6 cm³/mol. The highest BCUT2D eigenvalue weighted by Gasteiger charge is 2.44. The Bertz CT molecular complexity index is 273. The lowest BCUT2D eigenvalue weighted by Crippen LogP contribution is -2.59. The Morgan fingerprint density at radius 2 is 1.42 bits per heavy atom. The Balaban J connectivity index is 1.94. The third-order valence-electron chi connectivity index (χ3n) is 3.22. The van der Waals surface area contributed by atoms with Gasteiger partial charge in [0.05, 0.1) is 13.2 Å². The Morgan fingerprint density at radius 1 is 0.737 bits per heavy atom. The molecule has 2 aliphatic rings. The summed E-state index contributed by atoms with van der Waals surface area (Å²) in [6.45, 7) is -0.456. The van der Waals surface area contributed by atoms with E-state index >= 15 is 0 Å². The van der Waals surface area contributed by atoms with E-state index in [9.17, 15) is 25.5 Å². The van der Waals surface area contributed by atoms with E-state index in [4.69, 9.17) is 19.3 Å². The van der Waals surface area contributed by atoms with Crippen LogP contribution < -0.4 is 0 Å². The van der Waals surface area contributed by atoms with Crippen LogP contribution in [0.25, 0.3) is 0 Å². The van der Waals surface area contributed by atoms with E-state index < -0.39 is 49.2 Å². The van der Waals surface area contributed by atoms with Crippen LogP contribution in [-0.2, 0) is 14.2 Å². The first-order valence-electron chi connectivity index (χ1n) is 5.89. The molecule has 0 unspecified atom stereocenters. The summed E-state index contributed by atoms with van der Waals surface area (Å²) in [6, 6.07) is 0. The van der Waals surface area contributed by atoms with E-state index in [2.05, 4.69) is 0 Å². The van der Waals surface area contributed by atoms with Crippen LogP contribution in [0.2, 0.25) is 0 Å². The van der Waals surface area contributed by atoms with Gasteiger partial charge in [0, 0.05) is 0 Å². The number of aliphatic hydroxyl groups excluding tert-OH is 6. The monoisotopic (exact) mass is 282 g/mol. The van der Waals surface area contributed by atoms with Gasteiger partial charge < -0.3 is 44.8 Å². The lowest BCUT2D eigenvalue weighted by atomic mass is 10.0. The van der Waals surface area contributed by atoms with Crippen molar-refractivity contribution in [3.05, 3.63) is 0 Å². The molecule has 8 atom stereocenters. The summed E-state index contributed by atoms with van der Waals surface area (Å²) in [6.07, 6.45) is -11.0. The van der Waals surface area contributed by atoms with Gasteiger partial charge in [-0.25, -0.2) is 0 Å². The van der Waals surface area contributed by atoms with Gasteiger partial charge >= 0.3 is 0 Å². The Kier molecular flexibility index (Phi) is 4.71. The van der Waals surface area contributed by atoms with Crippen molar-refractivity contribution in [1.29, 1.82) is 0 Å². The van der Waals surface area contributed by atoms with Crippen LogP contribution in [0.5, 0.6) is 0 Å². The van der Waals surface area contributed by atoms with Crippen molar-refractivity contribution in [1.82, 2.24) is 0 Å². The number of ether oxygens (including phenoxy) is 3. The molecule has 0 spiro atoms. The van der Waals surface area contributed by atoms with Crippen LogP contribution in [-0.4, -0.2) is 93.1 Å². The molecule has 2 saturated heterocycles. The molecule has 0 aliphatic carbocycles. The summed E-state index contributed by atoms with van der Waals surface area (Å²) in [5.74, 6) is 0. The molecule has 0 aromatic carbocycles. The molecule has 2 heterocycles. The summed E-state index contributed by atoms with van der Waals surface area (Å²) in [4.78, 5) is 0. The molecule has 19 heavy (non-hydrogen) atoms. The maximum atomic E-state index is 9.68. The number of hydrogen-bond donors (Lipinski definition) is 6. The summed E-state index contributed by atoms with van der Waals surface area (Å²) >= 11 is 0. The van der Waals surface area contributed by atoms with E-state index in [1.807, 2.05) is 0 Å². The largest absolute Gasteiger partial charge is 0.388 e. The second-order valence-corrected chi connectivity index (χ2v) is 4.63. The zero-order valence-electron chi connectivity index (χ0n) is 9.94. The second kappa shape index (κ2) is 5.95. The molecule has 9 nitrogen and oxygen atoms in total. The minimum Gasteiger partial charge on any atom is -0.388 e. The highest BCUT2D eigenvalue weighted by molar-refractivity contribution is 4.87. The van der Waals surface area contributed by atoms with Gasteiger partial charge in [0.1, 0.15) is 36.6 Å². The average Bonchev–Trinajstić information content (AvgIpc) is 2.39. The molecule has 9 heteroatoms. The van der Waals surface area contributed by atoms with Crippen LogP contribution in [0, 0.1) is 0 Å². The van der Waals surface area contributed by atoms with E-state index in [1.54, 1.807) is 0 Å². The summed E-state index contributed by atoms with van der Waals surface area (Å²) in [7, 11) is 0. The van der Waals surface area contributed by atoms with Crippen molar-refractivity contribution in [2.24, 2.45) is 0 Å². The number of rotatable bonds is 2. The third kappa shape index (κ3) is 3.05. The lowest BCUT2D eigenvalue weighted by molar-refractivity contribution is -0.323. The SMILES string of the molecule is O[C@@H]1[C@H](O[C@@H]2CO[C@@H](O)[C@@H](O)[C@@H]2O)OC[C@H](O)[C@H]1O. The molecule has 0 saturated carbocycles. The van der Waals surface area contributed by atoms with Gasteiger partial charge in [-0.1, -0.05) is 0 Å². The highest BCUT2D eigenvalue weighted by Crippen LogP contribution is 2.22. The van der Waals surface area contributed by atoms with Gasteiger partial charge in [-0.2, -0.15) is 0 Å². The minimum absolute atomic E-state index is 0.218. The van der Waals surface area contributed by atoms with Crippen molar-refractivity contribution >= 4 is 0 Å². The first kappa shape index (κ1) is 15.0. The van der Waals surface area contributed by atoms with Crippen molar-refractivity contribution in [3.8, 4) is 0 Å². The van der Waals surface area contributed by atoms with Gasteiger partial charge in [-0.05, 0) is 0 Å². The zero-order valence-corrected chi connectivity index (χ0v) is 9.94. The first-order chi connectivity index (χ1) is 8.91. The summed E-state index contributed by atoms with van der Waals surface area (Å²) < 4.78 is 15.0. The molecule has 2 rings (SSSR count). The Labute approximate surface area is 108 Å². The van der Waals surface area contributed by atoms with Crippen LogP contribution in [0.3, 0.4) is 0 Å². The maximum Gasteiger partial charge on any atom is 0.186 e. The van der Waals surface area contributed by atoms with E-state index in [-0.39, 0.29) is 13.2 Å². The van der Waals surface area contributed by atoms with Crippen molar-refractivity contribution in [3.63, 3.8) is 0 Å². The standard InChI is InChI=1S/C10H18O9/c11-3-1-18-10(8(15)5(3)12)19-4-2-17-9(16)7(14)6(4)13/h3-16H,1-2H2/t3-,4+,5+,6+,7-,8-,9+,10-/m0/s1. The van der Waals surface area contributed by atoms with Gasteiger partial charge in [0.25, 0.3) is 0 Å².